The number of ketones is 1. The number of halogens is 1. The molecule has 0 bridgehead atoms. The summed E-state index contributed by atoms with van der Waals surface area (Å²) in [6.07, 6.45) is 0. The maximum absolute atomic E-state index is 12.1. The monoisotopic (exact) mass is 336 g/mol. The average molecular weight is 337 g/mol. The van der Waals surface area contributed by atoms with Crippen molar-refractivity contribution < 1.29 is 9.53 Å². The Labute approximate surface area is 125 Å². The number of benzene rings is 2. The van der Waals surface area contributed by atoms with Gasteiger partial charge in [0.2, 0.25) is 0 Å². The zero-order chi connectivity index (χ0) is 13.7. The summed E-state index contributed by atoms with van der Waals surface area (Å²) in [6.45, 7) is 0. The third kappa shape index (κ3) is 3.85. The first-order chi connectivity index (χ1) is 9.20. The van der Waals surface area contributed by atoms with Crippen molar-refractivity contribution in [2.45, 2.75) is 4.90 Å². The highest BCUT2D eigenvalue weighted by atomic mass is 79.9. The van der Waals surface area contributed by atoms with Gasteiger partial charge < -0.3 is 4.74 Å². The topological polar surface area (TPSA) is 26.3 Å². The van der Waals surface area contributed by atoms with Gasteiger partial charge >= 0.3 is 0 Å². The molecule has 4 heteroatoms. The van der Waals surface area contributed by atoms with Crippen LogP contribution in [0.1, 0.15) is 10.4 Å². The first-order valence-corrected chi connectivity index (χ1v) is 7.53. The number of hydrogen-bond donors (Lipinski definition) is 0. The van der Waals surface area contributed by atoms with Crippen molar-refractivity contribution in [3.8, 4) is 5.75 Å². The molecular weight excluding hydrogens is 324 g/mol. The number of carbonyl (C=O) groups is 1. The zero-order valence-corrected chi connectivity index (χ0v) is 12.8. The van der Waals surface area contributed by atoms with E-state index in [4.69, 9.17) is 4.74 Å². The van der Waals surface area contributed by atoms with Crippen LogP contribution in [0.3, 0.4) is 0 Å². The second-order valence-electron chi connectivity index (χ2n) is 3.87. The Hall–Kier alpha value is -1.26. The van der Waals surface area contributed by atoms with E-state index >= 15 is 0 Å². The van der Waals surface area contributed by atoms with E-state index in [1.165, 1.54) is 11.8 Å². The minimum atomic E-state index is 0.111. The van der Waals surface area contributed by atoms with Crippen LogP contribution in [0.2, 0.25) is 0 Å². The van der Waals surface area contributed by atoms with Crippen LogP contribution in [-0.4, -0.2) is 18.6 Å². The number of hydrogen-bond acceptors (Lipinski definition) is 3. The third-order valence-corrected chi connectivity index (χ3v) is 4.27. The summed E-state index contributed by atoms with van der Waals surface area (Å²) in [7, 11) is 1.63. The van der Waals surface area contributed by atoms with Crippen LogP contribution < -0.4 is 4.74 Å². The van der Waals surface area contributed by atoms with Crippen molar-refractivity contribution in [3.63, 3.8) is 0 Å². The van der Waals surface area contributed by atoms with Crippen molar-refractivity contribution >= 4 is 33.5 Å². The van der Waals surface area contributed by atoms with E-state index in [1.54, 1.807) is 7.11 Å². The van der Waals surface area contributed by atoms with Gasteiger partial charge in [0.25, 0.3) is 0 Å². The summed E-state index contributed by atoms with van der Waals surface area (Å²) in [5.41, 5.74) is 0.720. The molecule has 2 nitrogen and oxygen atoms in total. The molecule has 98 valence electrons. The van der Waals surface area contributed by atoms with Gasteiger partial charge in [-0.25, -0.2) is 0 Å². The first kappa shape index (κ1) is 14.2. The predicted molar refractivity (Wildman–Crippen MR) is 82.2 cm³/mol. The van der Waals surface area contributed by atoms with Crippen LogP contribution in [0, 0.1) is 0 Å². The van der Waals surface area contributed by atoms with Gasteiger partial charge in [-0.1, -0.05) is 40.2 Å². The summed E-state index contributed by atoms with van der Waals surface area (Å²) in [6, 6.07) is 15.2. The van der Waals surface area contributed by atoms with E-state index in [2.05, 4.69) is 15.9 Å². The molecule has 0 radical (unpaired) electrons. The molecule has 0 aromatic heterocycles. The molecule has 0 heterocycles. The van der Waals surface area contributed by atoms with Gasteiger partial charge in [-0.3, -0.25) is 4.79 Å². The minimum absolute atomic E-state index is 0.111. The second-order valence-corrected chi connectivity index (χ2v) is 5.77. The molecule has 2 aromatic rings. The molecule has 2 rings (SSSR count). The lowest BCUT2D eigenvalue weighted by molar-refractivity contribution is 0.102. The second kappa shape index (κ2) is 6.78. The number of rotatable bonds is 5. The fourth-order valence-electron chi connectivity index (χ4n) is 1.60. The van der Waals surface area contributed by atoms with Crippen molar-refractivity contribution in [2.75, 3.05) is 12.9 Å². The van der Waals surface area contributed by atoms with Crippen molar-refractivity contribution in [2.24, 2.45) is 0 Å². The molecule has 0 aliphatic rings. The first-order valence-electron chi connectivity index (χ1n) is 5.75. The van der Waals surface area contributed by atoms with E-state index in [0.717, 1.165) is 20.7 Å². The molecular formula is C15H13BrO2S. The largest absolute Gasteiger partial charge is 0.497 e. The Morgan fingerprint density at radius 1 is 1.21 bits per heavy atom. The molecule has 0 aliphatic carbocycles. The highest BCUT2D eigenvalue weighted by molar-refractivity contribution is 9.10. The van der Waals surface area contributed by atoms with Crippen LogP contribution in [0.5, 0.6) is 5.75 Å². The Balaban J connectivity index is 2.02. The molecule has 0 unspecified atom stereocenters. The van der Waals surface area contributed by atoms with Crippen molar-refractivity contribution in [1.82, 2.24) is 0 Å². The Kier molecular flexibility index (Phi) is 5.05. The molecule has 0 N–H and O–H groups in total. The normalized spacial score (nSPS) is 10.2. The molecule has 0 saturated carbocycles. The number of carbonyl (C=O) groups excluding carboxylic acids is 1. The summed E-state index contributed by atoms with van der Waals surface area (Å²) in [4.78, 5) is 13.1. The Morgan fingerprint density at radius 2 is 2.00 bits per heavy atom. The fraction of sp³-hybridized carbons (Fsp3) is 0.133. The lowest BCUT2D eigenvalue weighted by Crippen LogP contribution is -2.03. The van der Waals surface area contributed by atoms with E-state index in [9.17, 15) is 4.79 Å². The van der Waals surface area contributed by atoms with E-state index in [-0.39, 0.29) is 5.78 Å². The molecule has 0 saturated heterocycles. The Morgan fingerprint density at radius 3 is 2.74 bits per heavy atom. The van der Waals surface area contributed by atoms with Crippen LogP contribution in [0.25, 0.3) is 0 Å². The fourth-order valence-corrected chi connectivity index (χ4v) is 2.94. The number of Topliss-reactive ketones (excluding diaryl/α,β-unsaturated/α-hetero) is 1. The SMILES string of the molecule is COc1cccc(SCC(=O)c2ccccc2Br)c1. The molecule has 2 aromatic carbocycles. The zero-order valence-electron chi connectivity index (χ0n) is 10.4. The van der Waals surface area contributed by atoms with Gasteiger partial charge in [0.1, 0.15) is 5.75 Å². The smallest absolute Gasteiger partial charge is 0.174 e. The van der Waals surface area contributed by atoms with Crippen LogP contribution in [0.15, 0.2) is 57.9 Å². The molecule has 0 aliphatic heterocycles. The highest BCUT2D eigenvalue weighted by Gasteiger charge is 2.09. The average Bonchev–Trinajstić information content (AvgIpc) is 2.45. The van der Waals surface area contributed by atoms with E-state index in [1.807, 2.05) is 48.5 Å². The maximum atomic E-state index is 12.1. The summed E-state index contributed by atoms with van der Waals surface area (Å²) in [5.74, 6) is 1.33. The van der Waals surface area contributed by atoms with Gasteiger partial charge in [0.15, 0.2) is 5.78 Å². The van der Waals surface area contributed by atoms with Gasteiger partial charge in [0.05, 0.1) is 12.9 Å². The number of methoxy groups -OCH3 is 1. The molecule has 19 heavy (non-hydrogen) atoms. The third-order valence-electron chi connectivity index (χ3n) is 2.59. The van der Waals surface area contributed by atoms with Crippen LogP contribution in [0.4, 0.5) is 0 Å². The van der Waals surface area contributed by atoms with Gasteiger partial charge in [0, 0.05) is 14.9 Å². The highest BCUT2D eigenvalue weighted by Crippen LogP contribution is 2.25. The maximum Gasteiger partial charge on any atom is 0.174 e. The minimum Gasteiger partial charge on any atom is -0.497 e. The quantitative estimate of drug-likeness (QED) is 0.596. The van der Waals surface area contributed by atoms with Gasteiger partial charge in [-0.05, 0) is 24.3 Å². The van der Waals surface area contributed by atoms with E-state index < -0.39 is 0 Å². The number of thioether (sulfide) groups is 1. The summed E-state index contributed by atoms with van der Waals surface area (Å²) < 4.78 is 6.00. The molecule has 0 fully saturated rings. The van der Waals surface area contributed by atoms with Gasteiger partial charge in [-0.15, -0.1) is 11.8 Å². The van der Waals surface area contributed by atoms with Crippen LogP contribution >= 0.6 is 27.7 Å². The van der Waals surface area contributed by atoms with Gasteiger partial charge in [-0.2, -0.15) is 0 Å². The summed E-state index contributed by atoms with van der Waals surface area (Å²) >= 11 is 4.91. The van der Waals surface area contributed by atoms with Crippen molar-refractivity contribution in [1.29, 1.82) is 0 Å². The number of ether oxygens (including phenoxy) is 1. The predicted octanol–water partition coefficient (Wildman–Crippen LogP) is 4.43. The molecule has 0 atom stereocenters. The molecule has 0 spiro atoms. The Bertz CT molecular complexity index is 584. The van der Waals surface area contributed by atoms with E-state index in [0.29, 0.717) is 5.75 Å². The standard InChI is InChI=1S/C15H13BrO2S/c1-18-11-5-4-6-12(9-11)19-10-15(17)13-7-2-3-8-14(13)16/h2-9H,10H2,1H3. The van der Waals surface area contributed by atoms with Crippen LogP contribution in [-0.2, 0) is 0 Å². The lowest BCUT2D eigenvalue weighted by atomic mass is 10.1. The van der Waals surface area contributed by atoms with Crippen molar-refractivity contribution in [3.05, 3.63) is 58.6 Å². The summed E-state index contributed by atoms with van der Waals surface area (Å²) in [5, 5.41) is 0. The lowest BCUT2D eigenvalue weighted by Gasteiger charge is -2.05. The molecule has 0 amide bonds.